The van der Waals surface area contributed by atoms with Crippen LogP contribution < -0.4 is 0 Å². The molecule has 0 amide bonds. The van der Waals surface area contributed by atoms with Gasteiger partial charge in [0, 0.05) is 34.2 Å². The van der Waals surface area contributed by atoms with Gasteiger partial charge in [0.1, 0.15) is 11.2 Å². The molecule has 2 aliphatic rings. The van der Waals surface area contributed by atoms with Crippen LogP contribution in [0.25, 0.3) is 77.4 Å². The highest BCUT2D eigenvalue weighted by Crippen LogP contribution is 2.46. The first-order valence-corrected chi connectivity index (χ1v) is 22.5. The molecule has 2 heterocycles. The van der Waals surface area contributed by atoms with E-state index in [2.05, 4.69) is 219 Å². The Hall–Kier alpha value is -7.81. The van der Waals surface area contributed by atoms with Gasteiger partial charge in [-0.1, -0.05) is 182 Å². The van der Waals surface area contributed by atoms with Gasteiger partial charge < -0.3 is 4.42 Å². The maximum absolute atomic E-state index is 6.83. The van der Waals surface area contributed by atoms with E-state index in [1.165, 1.54) is 72.0 Å². The van der Waals surface area contributed by atoms with Crippen molar-refractivity contribution < 1.29 is 4.42 Å². The topological polar surface area (TPSA) is 25.5 Å². The lowest BCUT2D eigenvalue weighted by atomic mass is 9.84. The van der Waals surface area contributed by atoms with Crippen molar-refractivity contribution in [3.63, 3.8) is 0 Å². The number of fused-ring (bicyclic) bond motifs is 7. The molecule has 12 rings (SSSR count). The highest BCUT2D eigenvalue weighted by molar-refractivity contribution is 6.21. The zero-order valence-corrected chi connectivity index (χ0v) is 35.8. The molecule has 1 aliphatic heterocycles. The molecule has 1 atom stereocenters. The van der Waals surface area contributed by atoms with E-state index in [0.29, 0.717) is 6.42 Å². The van der Waals surface area contributed by atoms with Crippen LogP contribution in [0, 0.1) is 0 Å². The molecule has 0 fully saturated rings. The summed E-state index contributed by atoms with van der Waals surface area (Å²) in [5.41, 5.74) is 21.0. The molecule has 2 nitrogen and oxygen atoms in total. The lowest BCUT2D eigenvalue weighted by molar-refractivity contribution is 0.665. The summed E-state index contributed by atoms with van der Waals surface area (Å²) in [5.74, 6) is 0.156. The molecule has 9 aromatic carbocycles. The van der Waals surface area contributed by atoms with Gasteiger partial charge in [-0.3, -0.25) is 4.99 Å². The van der Waals surface area contributed by atoms with Crippen molar-refractivity contribution in [2.75, 3.05) is 0 Å². The summed E-state index contributed by atoms with van der Waals surface area (Å²) in [6, 6.07) is 75.1. The lowest BCUT2D eigenvalue weighted by Gasteiger charge is -2.20. The molecule has 0 saturated heterocycles. The Labute approximate surface area is 374 Å². The van der Waals surface area contributed by atoms with Gasteiger partial charge in [-0.05, 0) is 128 Å². The number of rotatable bonds is 6. The molecule has 64 heavy (non-hydrogen) atoms. The van der Waals surface area contributed by atoms with E-state index < -0.39 is 0 Å². The Bertz CT molecular complexity index is 3510. The molecule has 0 saturated carbocycles. The normalized spacial score (nSPS) is 15.0. The molecule has 1 aliphatic carbocycles. The molecular weight excluding hydrogens is 775 g/mol. The Balaban J connectivity index is 1.05. The number of nitrogens with zero attached hydrogens (tertiary/aromatic N) is 1. The largest absolute Gasteiger partial charge is 0.456 e. The van der Waals surface area contributed by atoms with Gasteiger partial charge in [-0.2, -0.15) is 0 Å². The second-order valence-electron chi connectivity index (χ2n) is 17.3. The highest BCUT2D eigenvalue weighted by atomic mass is 16.3. The average Bonchev–Trinajstić information content (AvgIpc) is 3.54. The first-order chi connectivity index (χ1) is 31.6. The van der Waals surface area contributed by atoms with Crippen LogP contribution in [-0.2, 0) is 6.42 Å². The fourth-order valence-electron chi connectivity index (χ4n) is 10.4. The third-order valence-corrected chi connectivity index (χ3v) is 13.6. The van der Waals surface area contributed by atoms with Gasteiger partial charge >= 0.3 is 0 Å². The van der Waals surface area contributed by atoms with Gasteiger partial charge in [0.15, 0.2) is 0 Å². The summed E-state index contributed by atoms with van der Waals surface area (Å²) in [6.45, 7) is 2.25. The Morgan fingerprint density at radius 2 is 1.12 bits per heavy atom. The summed E-state index contributed by atoms with van der Waals surface area (Å²) in [6.07, 6.45) is 5.03. The van der Waals surface area contributed by atoms with Gasteiger partial charge in [-0.15, -0.1) is 0 Å². The van der Waals surface area contributed by atoms with Gasteiger partial charge in [0.25, 0.3) is 0 Å². The van der Waals surface area contributed by atoms with E-state index in [1.807, 2.05) is 0 Å². The molecule has 0 bridgehead atoms. The summed E-state index contributed by atoms with van der Waals surface area (Å²) < 4.78 is 6.83. The first-order valence-electron chi connectivity index (χ1n) is 22.5. The van der Waals surface area contributed by atoms with Crippen LogP contribution in [0.5, 0.6) is 0 Å². The average molecular weight is 820 g/mol. The van der Waals surface area contributed by atoms with Gasteiger partial charge in [-0.25, -0.2) is 0 Å². The molecule has 0 radical (unpaired) electrons. The van der Waals surface area contributed by atoms with Crippen molar-refractivity contribution in [1.82, 2.24) is 0 Å². The van der Waals surface area contributed by atoms with Crippen LogP contribution in [0.4, 0.5) is 0 Å². The summed E-state index contributed by atoms with van der Waals surface area (Å²) >= 11 is 0. The van der Waals surface area contributed by atoms with Crippen LogP contribution in [0.3, 0.4) is 0 Å². The number of para-hydroxylation sites is 1. The number of aryl methyl sites for hydroxylation is 1. The van der Waals surface area contributed by atoms with E-state index >= 15 is 0 Å². The minimum Gasteiger partial charge on any atom is -0.456 e. The Kier molecular flexibility index (Phi) is 9.38. The molecule has 0 N–H and O–H groups in total. The smallest absolute Gasteiger partial charge is 0.136 e. The number of hydrogen-bond acceptors (Lipinski definition) is 2. The third kappa shape index (κ3) is 6.71. The monoisotopic (exact) mass is 819 g/mol. The predicted octanol–water partition coefficient (Wildman–Crippen LogP) is 16.5. The van der Waals surface area contributed by atoms with Crippen molar-refractivity contribution in [1.29, 1.82) is 0 Å². The molecule has 10 aromatic rings. The quantitative estimate of drug-likeness (QED) is 0.164. The van der Waals surface area contributed by atoms with Crippen molar-refractivity contribution >= 4 is 49.7 Å². The number of aliphatic imine (C=N–C) groups is 1. The Morgan fingerprint density at radius 1 is 0.484 bits per heavy atom. The van der Waals surface area contributed by atoms with Crippen molar-refractivity contribution in [2.45, 2.75) is 32.1 Å². The van der Waals surface area contributed by atoms with Crippen LogP contribution >= 0.6 is 0 Å². The third-order valence-electron chi connectivity index (χ3n) is 13.6. The molecular formula is C62H45NO. The van der Waals surface area contributed by atoms with Crippen LogP contribution in [0.2, 0.25) is 0 Å². The van der Waals surface area contributed by atoms with Crippen LogP contribution in [-0.4, -0.2) is 5.71 Å². The van der Waals surface area contributed by atoms with Crippen molar-refractivity contribution in [3.8, 4) is 33.4 Å². The summed E-state index contributed by atoms with van der Waals surface area (Å²) in [4.78, 5) is 5.81. The summed E-state index contributed by atoms with van der Waals surface area (Å²) in [5, 5.41) is 4.80. The highest BCUT2D eigenvalue weighted by Gasteiger charge is 2.28. The van der Waals surface area contributed by atoms with Gasteiger partial charge in [0.05, 0.1) is 11.4 Å². The number of furan rings is 1. The minimum absolute atomic E-state index is 0.156. The van der Waals surface area contributed by atoms with E-state index in [9.17, 15) is 0 Å². The second-order valence-corrected chi connectivity index (χ2v) is 17.3. The van der Waals surface area contributed by atoms with Crippen LogP contribution in [0.1, 0.15) is 59.1 Å². The predicted molar refractivity (Wildman–Crippen MR) is 269 cm³/mol. The number of hydrogen-bond donors (Lipinski definition) is 0. The SMILES string of the molecule is CC1=C(c2ccc(-c3ccccc3)cc2)N=C(c2cc(C3CCc4cc5ccccc5cc4-c4ccccc43)cc3oc4ccccc4c23)CC=C1c1cccc(-c2ccccc2)c1. The summed E-state index contributed by atoms with van der Waals surface area (Å²) in [7, 11) is 0. The maximum Gasteiger partial charge on any atom is 0.136 e. The second kappa shape index (κ2) is 15.8. The van der Waals surface area contributed by atoms with Crippen molar-refractivity contribution in [2.24, 2.45) is 4.99 Å². The van der Waals surface area contributed by atoms with Crippen LogP contribution in [0.15, 0.2) is 227 Å². The molecule has 304 valence electrons. The maximum atomic E-state index is 6.83. The molecule has 2 heteroatoms. The molecule has 1 unspecified atom stereocenters. The zero-order chi connectivity index (χ0) is 42.6. The van der Waals surface area contributed by atoms with Crippen molar-refractivity contribution in [3.05, 3.63) is 251 Å². The van der Waals surface area contributed by atoms with E-state index in [0.717, 1.165) is 62.9 Å². The van der Waals surface area contributed by atoms with E-state index in [1.54, 1.807) is 0 Å². The fraction of sp³-hybridized carbons (Fsp3) is 0.0806. The molecule has 1 aromatic heterocycles. The van der Waals surface area contributed by atoms with E-state index in [4.69, 9.17) is 9.41 Å². The van der Waals surface area contributed by atoms with Gasteiger partial charge in [0.2, 0.25) is 0 Å². The standard InChI is InChI=1S/C62H45NO/c1-40-51(48-22-14-21-45(35-48)42-17-6-3-7-18-42)33-34-58(63-62(40)44-29-27-43(28-30-44)41-15-4-2-5-16-41)57-38-50(39-60-61(57)55-25-12-13-26-59(55)64-60)52-32-31-49-36-46-19-8-9-20-47(46)37-56(49)54-24-11-10-23-53(52)54/h2-30,33,35-39,52H,31-32,34H2,1H3. The first kappa shape index (κ1) is 37.9. The fourth-order valence-corrected chi connectivity index (χ4v) is 10.4. The zero-order valence-electron chi connectivity index (χ0n) is 35.8. The Morgan fingerprint density at radius 3 is 1.94 bits per heavy atom. The van der Waals surface area contributed by atoms with E-state index in [-0.39, 0.29) is 5.92 Å². The number of benzene rings is 9. The number of allylic oxidation sites excluding steroid dienone is 3. The molecule has 0 spiro atoms. The lowest BCUT2D eigenvalue weighted by Crippen LogP contribution is -2.07. The minimum atomic E-state index is 0.156.